The van der Waals surface area contributed by atoms with Crippen LogP contribution in [0.5, 0.6) is 0 Å². The Bertz CT molecular complexity index is 1180. The van der Waals surface area contributed by atoms with Crippen molar-refractivity contribution < 1.29 is 18.8 Å². The number of nitrogens with one attached hydrogen (secondary N) is 1. The number of benzene rings is 2. The average Bonchev–Trinajstić information content (AvgIpc) is 3.33. The Morgan fingerprint density at radius 2 is 1.77 bits per heavy atom. The highest BCUT2D eigenvalue weighted by atomic mass is 19.1. The Labute approximate surface area is 177 Å². The summed E-state index contributed by atoms with van der Waals surface area (Å²) >= 11 is 0. The van der Waals surface area contributed by atoms with Gasteiger partial charge in [0.15, 0.2) is 0 Å². The number of carbonyl (C=O) groups is 1. The minimum atomic E-state index is -2.34. The summed E-state index contributed by atoms with van der Waals surface area (Å²) < 4.78 is 19.2. The summed E-state index contributed by atoms with van der Waals surface area (Å²) in [5.41, 5.74) is 9.28. The van der Waals surface area contributed by atoms with Gasteiger partial charge in [-0.25, -0.2) is 9.37 Å². The van der Waals surface area contributed by atoms with E-state index in [-0.39, 0.29) is 5.82 Å². The maximum Gasteiger partial charge on any atom is 0.251 e. The van der Waals surface area contributed by atoms with Crippen molar-refractivity contribution in [3.63, 3.8) is 0 Å². The quantitative estimate of drug-likeness (QED) is 0.439. The van der Waals surface area contributed by atoms with Crippen molar-refractivity contribution in [2.75, 3.05) is 5.73 Å². The topological polar surface area (TPSA) is 114 Å². The number of alkyl halides is 1. The number of aliphatic hydroxyl groups is 1. The van der Waals surface area contributed by atoms with E-state index in [0.717, 1.165) is 0 Å². The molecule has 2 aromatic carbocycles. The summed E-state index contributed by atoms with van der Waals surface area (Å²) in [5, 5.41) is 16.1. The summed E-state index contributed by atoms with van der Waals surface area (Å²) in [7, 11) is 0. The predicted molar refractivity (Wildman–Crippen MR) is 113 cm³/mol. The van der Waals surface area contributed by atoms with Gasteiger partial charge in [-0.05, 0) is 29.3 Å². The van der Waals surface area contributed by atoms with Gasteiger partial charge >= 0.3 is 0 Å². The third-order valence-corrected chi connectivity index (χ3v) is 4.87. The fraction of sp³-hybridized carbons (Fsp3) is 0.0870. The highest BCUT2D eigenvalue weighted by Gasteiger charge is 2.27. The average molecular weight is 418 g/mol. The fourth-order valence-corrected chi connectivity index (χ4v) is 3.32. The monoisotopic (exact) mass is 418 g/mol. The van der Waals surface area contributed by atoms with E-state index in [1.165, 1.54) is 12.5 Å². The van der Waals surface area contributed by atoms with E-state index in [0.29, 0.717) is 33.4 Å². The van der Waals surface area contributed by atoms with E-state index in [2.05, 4.69) is 15.5 Å². The third kappa shape index (κ3) is 4.29. The van der Waals surface area contributed by atoms with Crippen LogP contribution >= 0.6 is 0 Å². The van der Waals surface area contributed by atoms with Crippen LogP contribution < -0.4 is 11.1 Å². The number of anilines is 1. The zero-order chi connectivity index (χ0) is 21.8. The second-order valence-electron chi connectivity index (χ2n) is 6.85. The Morgan fingerprint density at radius 3 is 2.48 bits per heavy atom. The van der Waals surface area contributed by atoms with E-state index < -0.39 is 18.3 Å². The summed E-state index contributed by atoms with van der Waals surface area (Å²) in [5.74, 6) is -0.296. The molecule has 0 saturated heterocycles. The summed E-state index contributed by atoms with van der Waals surface area (Å²) in [6.07, 6.45) is 2.24. The van der Waals surface area contributed by atoms with Gasteiger partial charge in [0, 0.05) is 28.5 Å². The molecule has 4 N–H and O–H groups in total. The normalized spacial score (nSPS) is 12.8. The van der Waals surface area contributed by atoms with E-state index in [1.807, 2.05) is 0 Å². The van der Waals surface area contributed by atoms with Gasteiger partial charge < -0.3 is 20.7 Å². The number of pyridine rings is 1. The molecule has 2 heterocycles. The number of aliphatic hydroxyl groups excluding tert-OH is 1. The molecule has 0 fully saturated rings. The molecule has 0 aliphatic rings. The lowest BCUT2D eigenvalue weighted by Gasteiger charge is -2.23. The largest absolute Gasteiger partial charge is 0.383 e. The molecule has 31 heavy (non-hydrogen) atoms. The van der Waals surface area contributed by atoms with Crippen LogP contribution in [-0.4, -0.2) is 27.5 Å². The number of aromatic nitrogens is 2. The molecule has 0 spiro atoms. The first-order valence-corrected chi connectivity index (χ1v) is 9.47. The summed E-state index contributed by atoms with van der Waals surface area (Å²) in [6, 6.07) is 15.6. The van der Waals surface area contributed by atoms with E-state index in [1.54, 1.807) is 66.9 Å². The summed E-state index contributed by atoms with van der Waals surface area (Å²) in [4.78, 5) is 16.8. The smallest absolute Gasteiger partial charge is 0.251 e. The van der Waals surface area contributed by atoms with Crippen LogP contribution in [0.1, 0.15) is 22.0 Å². The van der Waals surface area contributed by atoms with Gasteiger partial charge in [0.05, 0.1) is 6.20 Å². The number of nitrogen functional groups attached to an aromatic ring is 1. The van der Waals surface area contributed by atoms with Gasteiger partial charge in [0.2, 0.25) is 6.36 Å². The first kappa shape index (κ1) is 20.2. The fourth-order valence-electron chi connectivity index (χ4n) is 3.32. The summed E-state index contributed by atoms with van der Waals surface area (Å²) in [6.45, 7) is 0. The SMILES string of the molecule is Nc1ncc(-c2cnoc2)cc1-c1ccccc1[C@H](NC(=O)c1ccccc1)[C@@H](O)F. The lowest BCUT2D eigenvalue weighted by Crippen LogP contribution is -2.34. The number of nitrogens with two attached hydrogens (primary N) is 1. The lowest BCUT2D eigenvalue weighted by atomic mass is 9.93. The molecule has 2 atom stereocenters. The molecule has 0 aliphatic heterocycles. The number of hydrogen-bond donors (Lipinski definition) is 3. The number of hydrogen-bond acceptors (Lipinski definition) is 6. The zero-order valence-corrected chi connectivity index (χ0v) is 16.3. The first-order valence-electron chi connectivity index (χ1n) is 9.47. The number of nitrogens with zero attached hydrogens (tertiary/aromatic N) is 2. The van der Waals surface area contributed by atoms with E-state index >= 15 is 0 Å². The van der Waals surface area contributed by atoms with Crippen molar-refractivity contribution in [2.45, 2.75) is 12.4 Å². The van der Waals surface area contributed by atoms with Gasteiger partial charge in [0.1, 0.15) is 18.1 Å². The van der Waals surface area contributed by atoms with Crippen LogP contribution in [0.2, 0.25) is 0 Å². The van der Waals surface area contributed by atoms with Gasteiger partial charge in [-0.2, -0.15) is 0 Å². The van der Waals surface area contributed by atoms with Crippen molar-refractivity contribution in [1.29, 1.82) is 0 Å². The van der Waals surface area contributed by atoms with Crippen LogP contribution in [0.15, 0.2) is 83.8 Å². The van der Waals surface area contributed by atoms with Crippen molar-refractivity contribution in [3.8, 4) is 22.3 Å². The highest BCUT2D eigenvalue weighted by molar-refractivity contribution is 5.94. The Hall–Kier alpha value is -4.04. The van der Waals surface area contributed by atoms with Crippen LogP contribution in [-0.2, 0) is 0 Å². The number of amides is 1. The minimum Gasteiger partial charge on any atom is -0.383 e. The Morgan fingerprint density at radius 1 is 1.03 bits per heavy atom. The molecule has 4 aromatic rings. The molecular formula is C23H19FN4O3. The molecule has 0 bridgehead atoms. The second-order valence-corrected chi connectivity index (χ2v) is 6.85. The molecular weight excluding hydrogens is 399 g/mol. The molecule has 0 aliphatic carbocycles. The van der Waals surface area contributed by atoms with E-state index in [4.69, 9.17) is 10.3 Å². The van der Waals surface area contributed by atoms with Crippen LogP contribution in [0.4, 0.5) is 10.2 Å². The number of carbonyl (C=O) groups excluding carboxylic acids is 1. The first-order chi connectivity index (χ1) is 15.0. The molecule has 1 amide bonds. The zero-order valence-electron chi connectivity index (χ0n) is 16.3. The molecule has 156 valence electrons. The Balaban J connectivity index is 1.75. The molecule has 4 rings (SSSR count). The number of halogens is 1. The van der Waals surface area contributed by atoms with Gasteiger partial charge in [-0.1, -0.05) is 47.6 Å². The standard InChI is InChI=1S/C23H19FN4O3/c24-21(29)20(28-23(30)14-6-2-1-3-7-14)18-9-5-4-8-17(18)19-10-15(11-26-22(19)25)16-12-27-31-13-16/h1-13,20-21,29H,(H2,25,26)(H,28,30)/t20-,21+/m0/s1. The lowest BCUT2D eigenvalue weighted by molar-refractivity contribution is 0.00653. The molecule has 2 aromatic heterocycles. The van der Waals surface area contributed by atoms with Gasteiger partial charge in [-0.3, -0.25) is 4.79 Å². The maximum absolute atomic E-state index is 14.3. The van der Waals surface area contributed by atoms with Crippen molar-refractivity contribution >= 4 is 11.7 Å². The molecule has 7 nitrogen and oxygen atoms in total. The molecule has 0 unspecified atom stereocenters. The minimum absolute atomic E-state index is 0.217. The molecule has 8 heteroatoms. The van der Waals surface area contributed by atoms with Crippen LogP contribution in [0, 0.1) is 0 Å². The predicted octanol–water partition coefficient (Wildman–Crippen LogP) is 3.74. The highest BCUT2D eigenvalue weighted by Crippen LogP contribution is 2.35. The maximum atomic E-state index is 14.3. The molecule has 0 saturated carbocycles. The van der Waals surface area contributed by atoms with Gasteiger partial charge in [-0.15, -0.1) is 0 Å². The second kappa shape index (κ2) is 8.76. The van der Waals surface area contributed by atoms with Crippen molar-refractivity contribution in [2.24, 2.45) is 0 Å². The van der Waals surface area contributed by atoms with Crippen molar-refractivity contribution in [3.05, 3.63) is 90.4 Å². The van der Waals surface area contributed by atoms with E-state index in [9.17, 15) is 14.3 Å². The molecule has 0 radical (unpaired) electrons. The third-order valence-electron chi connectivity index (χ3n) is 4.87. The van der Waals surface area contributed by atoms with Crippen molar-refractivity contribution in [1.82, 2.24) is 15.5 Å². The van der Waals surface area contributed by atoms with Gasteiger partial charge in [0.25, 0.3) is 5.91 Å². The van der Waals surface area contributed by atoms with Crippen LogP contribution in [0.3, 0.4) is 0 Å². The number of rotatable bonds is 6. The Kier molecular flexibility index (Phi) is 5.72. The van der Waals surface area contributed by atoms with Crippen LogP contribution in [0.25, 0.3) is 22.3 Å².